The third kappa shape index (κ3) is 7.68. The zero-order valence-corrected chi connectivity index (χ0v) is 31.3. The summed E-state index contributed by atoms with van der Waals surface area (Å²) in [5.74, 6) is -7.12. The molecule has 1 aliphatic rings. The largest absolute Gasteiger partial charge is 0.453 e. The minimum atomic E-state index is -4.97. The molecule has 4 heterocycles. The third-order valence-electron chi connectivity index (χ3n) is 10.4. The molecule has 18 heteroatoms. The number of aliphatic hydroxyl groups excluding tert-OH is 1. The number of halogens is 6. The molecule has 1 aliphatic heterocycles. The Morgan fingerprint density at radius 1 is 0.776 bits per heavy atom. The zero-order valence-electron chi connectivity index (χ0n) is 31.3. The van der Waals surface area contributed by atoms with Crippen LogP contribution in [-0.4, -0.2) is 76.6 Å². The van der Waals surface area contributed by atoms with Gasteiger partial charge in [0.25, 0.3) is 5.82 Å². The number of hydrogen-bond acceptors (Lipinski definition) is 9. The van der Waals surface area contributed by atoms with Crippen molar-refractivity contribution in [3.8, 4) is 16.8 Å². The quantitative estimate of drug-likeness (QED) is 0.139. The van der Waals surface area contributed by atoms with E-state index in [9.17, 15) is 32.6 Å². The molecule has 6 aromatic rings. The van der Waals surface area contributed by atoms with Crippen molar-refractivity contribution in [3.05, 3.63) is 137 Å². The summed E-state index contributed by atoms with van der Waals surface area (Å²) in [5, 5.41) is 29.0. The maximum absolute atomic E-state index is 16.3. The van der Waals surface area contributed by atoms with Gasteiger partial charge in [-0.3, -0.25) is 4.98 Å². The number of anilines is 2. The Labute approximate surface area is 328 Å². The molecule has 7 rings (SSSR count). The Kier molecular flexibility index (Phi) is 10.9. The summed E-state index contributed by atoms with van der Waals surface area (Å²) >= 11 is 0. The van der Waals surface area contributed by atoms with Gasteiger partial charge in [0.15, 0.2) is 5.60 Å². The first-order valence-electron chi connectivity index (χ1n) is 18.4. The fourth-order valence-corrected chi connectivity index (χ4v) is 7.20. The van der Waals surface area contributed by atoms with E-state index < -0.39 is 59.3 Å². The SMILES string of the molecule is CCC(C(C)O)n1ncn(-c2ccc(N3CCN(c4ccc(-c5ccc(C(F)(F)C(O)(Cn6cnc(C(F)(F)F)n6)c6ccccc6F)nc5)cc4)CC3)cc2)c1=O. The van der Waals surface area contributed by atoms with Crippen molar-refractivity contribution in [1.82, 2.24) is 34.1 Å². The Morgan fingerprint density at radius 3 is 1.90 bits per heavy atom. The number of aliphatic hydroxyl groups is 2. The second-order valence-electron chi connectivity index (χ2n) is 14.1. The van der Waals surface area contributed by atoms with E-state index >= 15 is 8.78 Å². The molecule has 0 radical (unpaired) electrons. The lowest BCUT2D eigenvalue weighted by Crippen LogP contribution is -2.48. The van der Waals surface area contributed by atoms with Crippen LogP contribution in [0, 0.1) is 5.82 Å². The number of pyridine rings is 1. The van der Waals surface area contributed by atoms with E-state index in [0.29, 0.717) is 47.3 Å². The molecule has 0 bridgehead atoms. The van der Waals surface area contributed by atoms with Gasteiger partial charge in [-0.15, -0.1) is 5.10 Å². The molecule has 0 amide bonds. The number of aromatic nitrogens is 7. The van der Waals surface area contributed by atoms with Crippen molar-refractivity contribution < 1.29 is 36.6 Å². The van der Waals surface area contributed by atoms with Crippen LogP contribution in [0.15, 0.2) is 109 Å². The predicted molar refractivity (Wildman–Crippen MR) is 202 cm³/mol. The van der Waals surface area contributed by atoms with E-state index in [1.807, 2.05) is 55.5 Å². The molecular weight excluding hydrogens is 768 g/mol. The van der Waals surface area contributed by atoms with Crippen LogP contribution in [0.25, 0.3) is 16.8 Å². The first-order valence-corrected chi connectivity index (χ1v) is 18.4. The van der Waals surface area contributed by atoms with Crippen molar-refractivity contribution in [1.29, 1.82) is 0 Å². The highest BCUT2D eigenvalue weighted by atomic mass is 19.4. The van der Waals surface area contributed by atoms with E-state index in [-0.39, 0.29) is 5.69 Å². The molecule has 58 heavy (non-hydrogen) atoms. The Bertz CT molecular complexity index is 2390. The first-order chi connectivity index (χ1) is 27.6. The smallest absolute Gasteiger partial charge is 0.391 e. The molecule has 304 valence electrons. The minimum Gasteiger partial charge on any atom is -0.391 e. The highest BCUT2D eigenvalue weighted by Crippen LogP contribution is 2.47. The first kappa shape index (κ1) is 40.2. The van der Waals surface area contributed by atoms with Gasteiger partial charge in [-0.1, -0.05) is 43.3 Å². The fourth-order valence-electron chi connectivity index (χ4n) is 7.20. The lowest BCUT2D eigenvalue weighted by molar-refractivity contribution is -0.208. The van der Waals surface area contributed by atoms with Crippen LogP contribution in [0.4, 0.5) is 37.7 Å². The van der Waals surface area contributed by atoms with Crippen molar-refractivity contribution in [2.24, 2.45) is 0 Å². The number of benzene rings is 3. The van der Waals surface area contributed by atoms with Crippen molar-refractivity contribution in [3.63, 3.8) is 0 Å². The second kappa shape index (κ2) is 15.7. The van der Waals surface area contributed by atoms with Crippen LogP contribution in [0.5, 0.6) is 0 Å². The molecule has 1 saturated heterocycles. The average Bonchev–Trinajstić information content (AvgIpc) is 3.85. The van der Waals surface area contributed by atoms with Crippen LogP contribution in [0.3, 0.4) is 0 Å². The topological polar surface area (TPSA) is 130 Å². The summed E-state index contributed by atoms with van der Waals surface area (Å²) in [4.78, 5) is 24.5. The van der Waals surface area contributed by atoms with Crippen LogP contribution >= 0.6 is 0 Å². The number of alkyl halides is 5. The van der Waals surface area contributed by atoms with Gasteiger partial charge in [-0.25, -0.2) is 28.1 Å². The molecule has 0 saturated carbocycles. The number of rotatable bonds is 12. The third-order valence-corrected chi connectivity index (χ3v) is 10.4. The van der Waals surface area contributed by atoms with Crippen LogP contribution in [0.2, 0.25) is 0 Å². The van der Waals surface area contributed by atoms with Crippen molar-refractivity contribution in [2.75, 3.05) is 36.0 Å². The number of hydrogen-bond donors (Lipinski definition) is 2. The highest BCUT2D eigenvalue weighted by molar-refractivity contribution is 5.66. The highest BCUT2D eigenvalue weighted by Gasteiger charge is 2.58. The van der Waals surface area contributed by atoms with Crippen LogP contribution < -0.4 is 15.5 Å². The summed E-state index contributed by atoms with van der Waals surface area (Å²) in [6, 6.07) is 21.2. The van der Waals surface area contributed by atoms with Gasteiger partial charge in [0.1, 0.15) is 24.2 Å². The molecule has 3 atom stereocenters. The van der Waals surface area contributed by atoms with E-state index in [1.54, 1.807) is 6.92 Å². The van der Waals surface area contributed by atoms with Gasteiger partial charge in [-0.05, 0) is 67.4 Å². The van der Waals surface area contributed by atoms with Crippen molar-refractivity contribution in [2.45, 2.75) is 56.7 Å². The second-order valence-corrected chi connectivity index (χ2v) is 14.1. The minimum absolute atomic E-state index is 0.323. The van der Waals surface area contributed by atoms with Gasteiger partial charge >= 0.3 is 17.8 Å². The molecule has 3 unspecified atom stereocenters. The van der Waals surface area contributed by atoms with Gasteiger partial charge < -0.3 is 20.0 Å². The molecule has 0 spiro atoms. The molecule has 0 aliphatic carbocycles. The monoisotopic (exact) mass is 807 g/mol. The summed E-state index contributed by atoms with van der Waals surface area (Å²) in [6.07, 6.45) is -1.95. The normalized spacial score (nSPS) is 16.0. The van der Waals surface area contributed by atoms with Crippen molar-refractivity contribution >= 4 is 11.4 Å². The standard InChI is InChI=1S/C40H39F6N9O3/c1-3-34(26(2)56)55-37(57)54(25-49-55)31-15-13-30(14-16-31)52-20-18-51(19-21-52)29-11-8-27(9-12-29)28-10-17-35(47-22-28)39(42,43)38(58,32-6-4-5-7-33(32)41)23-53-24-48-36(50-53)40(44,45)46/h4-17,22,24-26,34,56,58H,3,18-21,23H2,1-2H3. The Hall–Kier alpha value is -6.01. The summed E-state index contributed by atoms with van der Waals surface area (Å²) in [5.41, 5.74) is -1.79. The van der Waals surface area contributed by atoms with Gasteiger partial charge in [0, 0.05) is 54.9 Å². The maximum Gasteiger partial charge on any atom is 0.453 e. The number of piperazine rings is 1. The lowest BCUT2D eigenvalue weighted by Gasteiger charge is -2.37. The zero-order chi connectivity index (χ0) is 41.4. The van der Waals surface area contributed by atoms with Crippen LogP contribution in [-0.2, 0) is 24.2 Å². The van der Waals surface area contributed by atoms with E-state index in [1.165, 1.54) is 40.0 Å². The molecule has 1 fully saturated rings. The van der Waals surface area contributed by atoms with Crippen LogP contribution in [0.1, 0.15) is 43.4 Å². The lowest BCUT2D eigenvalue weighted by atomic mass is 9.84. The summed E-state index contributed by atoms with van der Waals surface area (Å²) in [7, 11) is 0. The summed E-state index contributed by atoms with van der Waals surface area (Å²) in [6.45, 7) is 5.14. The van der Waals surface area contributed by atoms with E-state index in [0.717, 1.165) is 42.7 Å². The summed E-state index contributed by atoms with van der Waals surface area (Å²) < 4.78 is 90.1. The molecule has 3 aromatic heterocycles. The van der Waals surface area contributed by atoms with Gasteiger partial charge in [0.05, 0.1) is 24.4 Å². The molecule has 12 nitrogen and oxygen atoms in total. The predicted octanol–water partition coefficient (Wildman–Crippen LogP) is 6.18. The fraction of sp³-hybridized carbons (Fsp3) is 0.325. The molecule has 2 N–H and O–H groups in total. The molecule has 3 aromatic carbocycles. The Morgan fingerprint density at radius 2 is 1.36 bits per heavy atom. The molecular formula is C40H39F6N9O3. The maximum atomic E-state index is 16.3. The van der Waals surface area contributed by atoms with E-state index in [4.69, 9.17) is 0 Å². The Balaban J connectivity index is 1.01. The average molecular weight is 808 g/mol. The van der Waals surface area contributed by atoms with Gasteiger partial charge in [0.2, 0.25) is 0 Å². The van der Waals surface area contributed by atoms with Gasteiger partial charge in [-0.2, -0.15) is 27.1 Å². The number of nitrogens with zero attached hydrogens (tertiary/aromatic N) is 9. The van der Waals surface area contributed by atoms with E-state index in [2.05, 4.69) is 30.0 Å².